The molecule has 124 valence electrons. The molecule has 3 aromatic rings. The first kappa shape index (κ1) is 16.7. The minimum atomic E-state index is -0.304. The van der Waals surface area contributed by atoms with Gasteiger partial charge < -0.3 is 9.88 Å². The van der Waals surface area contributed by atoms with Crippen molar-refractivity contribution >= 4 is 34.1 Å². The van der Waals surface area contributed by atoms with E-state index in [-0.39, 0.29) is 11.2 Å². The standard InChI is InChI=1S/C16H17N5OS2/c1-10-5-4-6-12(9-10)13-19-20-16(21(13)3)24-11(2)14(22)18-15-17-7-8-23-15/h4-9,11H,1-3H3,(H,17,18,22)/t11-/m0/s1. The minimum Gasteiger partial charge on any atom is -0.305 e. The Morgan fingerprint density at radius 1 is 1.38 bits per heavy atom. The third-order valence-electron chi connectivity index (χ3n) is 3.43. The number of hydrogen-bond donors (Lipinski definition) is 1. The van der Waals surface area contributed by atoms with E-state index in [9.17, 15) is 4.79 Å². The second-order valence-corrected chi connectivity index (χ2v) is 7.52. The monoisotopic (exact) mass is 359 g/mol. The summed E-state index contributed by atoms with van der Waals surface area (Å²) >= 11 is 2.77. The van der Waals surface area contributed by atoms with Crippen LogP contribution < -0.4 is 5.32 Å². The molecule has 6 nitrogen and oxygen atoms in total. The maximum Gasteiger partial charge on any atom is 0.239 e. The Kier molecular flexibility index (Phi) is 4.96. The fraction of sp³-hybridized carbons (Fsp3) is 0.250. The van der Waals surface area contributed by atoms with Gasteiger partial charge in [-0.25, -0.2) is 4.98 Å². The SMILES string of the molecule is Cc1cccc(-c2nnc(S[C@@H](C)C(=O)Nc3nccs3)n2C)c1. The zero-order chi connectivity index (χ0) is 17.1. The Balaban J connectivity index is 1.73. The summed E-state index contributed by atoms with van der Waals surface area (Å²) < 4.78 is 1.91. The van der Waals surface area contributed by atoms with Gasteiger partial charge in [-0.05, 0) is 19.9 Å². The van der Waals surface area contributed by atoms with Crippen molar-refractivity contribution in [3.05, 3.63) is 41.4 Å². The van der Waals surface area contributed by atoms with Crippen LogP contribution in [0.5, 0.6) is 0 Å². The number of carbonyl (C=O) groups is 1. The lowest BCUT2D eigenvalue weighted by atomic mass is 10.1. The van der Waals surface area contributed by atoms with E-state index in [0.717, 1.165) is 11.4 Å². The van der Waals surface area contributed by atoms with Gasteiger partial charge in [0.2, 0.25) is 5.91 Å². The molecule has 8 heteroatoms. The van der Waals surface area contributed by atoms with Gasteiger partial charge in [-0.15, -0.1) is 21.5 Å². The number of thiazole rings is 1. The highest BCUT2D eigenvalue weighted by Gasteiger charge is 2.20. The lowest BCUT2D eigenvalue weighted by Gasteiger charge is -2.10. The van der Waals surface area contributed by atoms with Crippen LogP contribution >= 0.6 is 23.1 Å². The highest BCUT2D eigenvalue weighted by Crippen LogP contribution is 2.26. The largest absolute Gasteiger partial charge is 0.305 e. The summed E-state index contributed by atoms with van der Waals surface area (Å²) in [6.07, 6.45) is 1.66. The third kappa shape index (κ3) is 3.65. The van der Waals surface area contributed by atoms with Crippen molar-refractivity contribution in [2.45, 2.75) is 24.3 Å². The van der Waals surface area contributed by atoms with Crippen LogP contribution in [0.4, 0.5) is 5.13 Å². The molecule has 0 aliphatic heterocycles. The average molecular weight is 359 g/mol. The van der Waals surface area contributed by atoms with E-state index in [1.54, 1.807) is 6.20 Å². The van der Waals surface area contributed by atoms with Crippen molar-refractivity contribution in [2.24, 2.45) is 7.05 Å². The highest BCUT2D eigenvalue weighted by atomic mass is 32.2. The lowest BCUT2D eigenvalue weighted by Crippen LogP contribution is -2.22. The van der Waals surface area contributed by atoms with Gasteiger partial charge in [0.1, 0.15) is 0 Å². The molecule has 1 N–H and O–H groups in total. The Morgan fingerprint density at radius 3 is 2.92 bits per heavy atom. The number of nitrogens with zero attached hydrogens (tertiary/aromatic N) is 4. The summed E-state index contributed by atoms with van der Waals surface area (Å²) in [6.45, 7) is 3.88. The molecular formula is C16H17N5OS2. The number of aryl methyl sites for hydroxylation is 1. The summed E-state index contributed by atoms with van der Waals surface area (Å²) in [6, 6.07) is 8.11. The fourth-order valence-electron chi connectivity index (χ4n) is 2.16. The molecule has 2 heterocycles. The second kappa shape index (κ2) is 7.14. The molecule has 2 aromatic heterocycles. The van der Waals surface area contributed by atoms with E-state index in [4.69, 9.17) is 0 Å². The molecule has 3 rings (SSSR count). The molecule has 0 radical (unpaired) electrons. The van der Waals surface area contributed by atoms with Crippen LogP contribution in [0.25, 0.3) is 11.4 Å². The van der Waals surface area contributed by atoms with Gasteiger partial charge in [0.25, 0.3) is 0 Å². The number of nitrogens with one attached hydrogen (secondary N) is 1. The molecule has 0 spiro atoms. The molecule has 0 fully saturated rings. The number of benzene rings is 1. The van der Waals surface area contributed by atoms with Gasteiger partial charge >= 0.3 is 0 Å². The maximum atomic E-state index is 12.2. The van der Waals surface area contributed by atoms with Crippen LogP contribution in [0.3, 0.4) is 0 Å². The van der Waals surface area contributed by atoms with E-state index in [0.29, 0.717) is 10.3 Å². The number of amides is 1. The predicted octanol–water partition coefficient (Wildman–Crippen LogP) is 3.37. The van der Waals surface area contributed by atoms with Gasteiger partial charge in [0.05, 0.1) is 5.25 Å². The van der Waals surface area contributed by atoms with Crippen LogP contribution in [-0.2, 0) is 11.8 Å². The van der Waals surface area contributed by atoms with Gasteiger partial charge in [-0.2, -0.15) is 0 Å². The van der Waals surface area contributed by atoms with Crippen LogP contribution in [0, 0.1) is 6.92 Å². The molecule has 0 aliphatic rings. The normalized spacial score (nSPS) is 12.1. The Bertz CT molecular complexity index is 844. The summed E-state index contributed by atoms with van der Waals surface area (Å²) in [5, 5.41) is 14.1. The van der Waals surface area contributed by atoms with E-state index < -0.39 is 0 Å². The predicted molar refractivity (Wildman–Crippen MR) is 97.2 cm³/mol. The number of aromatic nitrogens is 4. The molecule has 0 saturated heterocycles. The summed E-state index contributed by atoms with van der Waals surface area (Å²) in [5.74, 6) is 0.684. The number of carbonyl (C=O) groups excluding carboxylic acids is 1. The number of anilines is 1. The maximum absolute atomic E-state index is 12.2. The van der Waals surface area contributed by atoms with Gasteiger partial charge in [0, 0.05) is 24.2 Å². The molecule has 0 bridgehead atoms. The number of rotatable bonds is 5. The van der Waals surface area contributed by atoms with Crippen molar-refractivity contribution in [1.82, 2.24) is 19.7 Å². The van der Waals surface area contributed by atoms with Crippen LogP contribution in [0.15, 0.2) is 41.0 Å². The molecule has 1 amide bonds. The molecule has 0 unspecified atom stereocenters. The summed E-state index contributed by atoms with van der Waals surface area (Å²) in [5.41, 5.74) is 2.18. The van der Waals surface area contributed by atoms with E-state index in [2.05, 4.69) is 26.6 Å². The third-order valence-corrected chi connectivity index (χ3v) is 5.25. The first-order chi connectivity index (χ1) is 11.5. The van der Waals surface area contributed by atoms with Crippen molar-refractivity contribution < 1.29 is 4.79 Å². The number of hydrogen-bond acceptors (Lipinski definition) is 6. The zero-order valence-corrected chi connectivity index (χ0v) is 15.2. The summed E-state index contributed by atoms with van der Waals surface area (Å²) in [4.78, 5) is 16.3. The highest BCUT2D eigenvalue weighted by molar-refractivity contribution is 8.00. The Labute approximate surface area is 148 Å². The first-order valence-electron chi connectivity index (χ1n) is 7.38. The smallest absolute Gasteiger partial charge is 0.239 e. The topological polar surface area (TPSA) is 72.7 Å². The van der Waals surface area contributed by atoms with Crippen LogP contribution in [0.1, 0.15) is 12.5 Å². The quantitative estimate of drug-likeness (QED) is 0.707. The molecule has 24 heavy (non-hydrogen) atoms. The van der Waals surface area contributed by atoms with Gasteiger partial charge in [0.15, 0.2) is 16.1 Å². The van der Waals surface area contributed by atoms with Crippen LogP contribution in [0.2, 0.25) is 0 Å². The van der Waals surface area contributed by atoms with Crippen LogP contribution in [-0.4, -0.2) is 30.9 Å². The first-order valence-corrected chi connectivity index (χ1v) is 9.14. The van der Waals surface area contributed by atoms with Crippen molar-refractivity contribution in [3.63, 3.8) is 0 Å². The lowest BCUT2D eigenvalue weighted by molar-refractivity contribution is -0.115. The second-order valence-electron chi connectivity index (χ2n) is 5.32. The van der Waals surface area contributed by atoms with Crippen molar-refractivity contribution in [3.8, 4) is 11.4 Å². The van der Waals surface area contributed by atoms with Crippen molar-refractivity contribution in [1.29, 1.82) is 0 Å². The molecule has 1 aromatic carbocycles. The molecule has 1 atom stereocenters. The fourth-order valence-corrected chi connectivity index (χ4v) is 3.50. The molecule has 0 saturated carbocycles. The minimum absolute atomic E-state index is 0.102. The number of thioether (sulfide) groups is 1. The zero-order valence-electron chi connectivity index (χ0n) is 13.6. The average Bonchev–Trinajstić information content (AvgIpc) is 3.18. The van der Waals surface area contributed by atoms with E-state index >= 15 is 0 Å². The van der Waals surface area contributed by atoms with Gasteiger partial charge in [-0.1, -0.05) is 35.5 Å². The summed E-state index contributed by atoms with van der Waals surface area (Å²) in [7, 11) is 1.91. The molecular weight excluding hydrogens is 342 g/mol. The Morgan fingerprint density at radius 2 is 2.21 bits per heavy atom. The molecule has 0 aliphatic carbocycles. The van der Waals surface area contributed by atoms with E-state index in [1.807, 2.05) is 49.0 Å². The Hall–Kier alpha value is -2.19. The van der Waals surface area contributed by atoms with Gasteiger partial charge in [-0.3, -0.25) is 4.79 Å². The van der Waals surface area contributed by atoms with Crippen molar-refractivity contribution in [2.75, 3.05) is 5.32 Å². The van der Waals surface area contributed by atoms with E-state index in [1.165, 1.54) is 28.7 Å².